The summed E-state index contributed by atoms with van der Waals surface area (Å²) < 4.78 is 33.1. The Morgan fingerprint density at radius 1 is 0.743 bits per heavy atom. The van der Waals surface area contributed by atoms with Gasteiger partial charge < -0.3 is 0 Å². The molecule has 0 radical (unpaired) electrons. The number of aryl methyl sites for hydroxylation is 1. The van der Waals surface area contributed by atoms with Crippen LogP contribution in [0.15, 0.2) is 68.3 Å². The molecule has 0 fully saturated rings. The van der Waals surface area contributed by atoms with Crippen molar-refractivity contribution in [2.45, 2.75) is 74.0 Å². The minimum absolute atomic E-state index is 0.325. The lowest BCUT2D eigenvalue weighted by molar-refractivity contribution is 0.587. The van der Waals surface area contributed by atoms with E-state index in [0.717, 1.165) is 15.4 Å². The highest BCUT2D eigenvalue weighted by Crippen LogP contribution is 2.64. The Morgan fingerprint density at radius 3 is 1.71 bits per heavy atom. The van der Waals surface area contributed by atoms with Gasteiger partial charge in [0.25, 0.3) is 10.0 Å². The molecule has 0 saturated heterocycles. The van der Waals surface area contributed by atoms with Gasteiger partial charge >= 0.3 is 0 Å². The molecule has 35 heavy (non-hydrogen) atoms. The summed E-state index contributed by atoms with van der Waals surface area (Å²) in [6.45, 7) is 6.47. The van der Waals surface area contributed by atoms with Crippen LogP contribution in [0.2, 0.25) is 0 Å². The Labute approximate surface area is 235 Å². The van der Waals surface area contributed by atoms with Crippen LogP contribution in [0.3, 0.4) is 0 Å². The Kier molecular flexibility index (Phi) is 10.6. The molecule has 0 unspecified atom stereocenters. The van der Waals surface area contributed by atoms with Crippen LogP contribution in [0.25, 0.3) is 0 Å². The molecule has 0 atom stereocenters. The zero-order valence-corrected chi connectivity index (χ0v) is 26.0. The summed E-state index contributed by atoms with van der Waals surface area (Å²) in [6, 6.07) is 7.04. The fourth-order valence-electron chi connectivity index (χ4n) is 3.39. The summed E-state index contributed by atoms with van der Waals surface area (Å²) in [7, 11) is -3.57. The topological polar surface area (TPSA) is 39.1 Å². The molecule has 2 aliphatic rings. The molecule has 0 spiro atoms. The number of benzene rings is 1. The summed E-state index contributed by atoms with van der Waals surface area (Å²) in [4.78, 5) is 2.37. The Morgan fingerprint density at radius 2 is 1.23 bits per heavy atom. The molecule has 10 heteroatoms. The molecule has 0 amide bonds. The van der Waals surface area contributed by atoms with Gasteiger partial charge in [-0.25, -0.2) is 12.4 Å². The quantitative estimate of drug-likeness (QED) is 0.223. The second-order valence-corrected chi connectivity index (χ2v) is 17.5. The fourth-order valence-corrected chi connectivity index (χ4v) is 13.5. The lowest BCUT2D eigenvalue weighted by atomic mass is 10.2. The summed E-state index contributed by atoms with van der Waals surface area (Å²) in [5, 5.41) is 0. The number of nitrogens with zero attached hydrogens (tertiary/aromatic N) is 1. The third-order valence-electron chi connectivity index (χ3n) is 5.40. The smallest absolute Gasteiger partial charge is 0.247 e. The minimum atomic E-state index is -3.57. The summed E-state index contributed by atoms with van der Waals surface area (Å²) in [5.41, 5.74) is 1.05. The average Bonchev–Trinajstić information content (AvgIpc) is 3.53. The molecule has 2 aliphatic heterocycles. The monoisotopic (exact) mass is 601 g/mol. The average molecular weight is 602 g/mol. The third-order valence-corrected chi connectivity index (χ3v) is 15.7. The van der Waals surface area contributed by atoms with Crippen LogP contribution in [0.1, 0.15) is 57.9 Å². The molecule has 3 heterocycles. The van der Waals surface area contributed by atoms with Crippen LogP contribution in [-0.4, -0.2) is 23.9 Å². The molecule has 190 valence electrons. The number of hydrogen-bond donors (Lipinski definition) is 0. The van der Waals surface area contributed by atoms with E-state index in [1.54, 1.807) is 48.1 Å². The Hall–Kier alpha value is 0.0300. The highest BCUT2D eigenvalue weighted by molar-refractivity contribution is 8.42. The summed E-state index contributed by atoms with van der Waals surface area (Å²) >= 11 is 11.3. The van der Waals surface area contributed by atoms with Gasteiger partial charge in [-0.2, -0.15) is 0 Å². The fraction of sp³-hybridized carbons (Fsp3) is 0.440. The second-order valence-electron chi connectivity index (χ2n) is 8.30. The van der Waals surface area contributed by atoms with Crippen molar-refractivity contribution in [2.24, 2.45) is 0 Å². The van der Waals surface area contributed by atoms with Crippen LogP contribution in [0.4, 0.5) is 0 Å². The van der Waals surface area contributed by atoms with E-state index >= 15 is 0 Å². The van der Waals surface area contributed by atoms with E-state index in [2.05, 4.69) is 13.8 Å². The predicted octanol–water partition coefficient (Wildman–Crippen LogP) is 9.81. The molecular weight excluding hydrogens is 571 g/mol. The van der Waals surface area contributed by atoms with Gasteiger partial charge in [-0.3, -0.25) is 0 Å². The first-order chi connectivity index (χ1) is 16.9. The number of unbranched alkanes of at least 4 members (excludes halogenated alkanes) is 4. The lowest BCUT2D eigenvalue weighted by Gasteiger charge is -2.07. The zero-order chi connectivity index (χ0) is 24.8. The Balaban J connectivity index is 1.45. The maximum Gasteiger partial charge on any atom is 0.267 e. The number of thioether (sulfide) groups is 6. The van der Waals surface area contributed by atoms with E-state index in [4.69, 9.17) is 0 Å². The van der Waals surface area contributed by atoms with Crippen LogP contribution in [0, 0.1) is 6.92 Å². The van der Waals surface area contributed by atoms with Gasteiger partial charge in [0.15, 0.2) is 0 Å². The molecule has 4 rings (SSSR count). The first kappa shape index (κ1) is 28.0. The standard InChI is InChI=1S/C25H31NO2S7/c1-4-6-8-14-29-22-23(30-15-9-7-5-2)34-25(33-22)24-31-20-16-26(17-21(20)32-24)35(27,28)19-12-10-18(3)11-13-19/h10-13,16-17H,4-9,14-15H2,1-3H3. The van der Waals surface area contributed by atoms with Gasteiger partial charge in [0, 0.05) is 22.2 Å². The van der Waals surface area contributed by atoms with Crippen molar-refractivity contribution in [1.82, 2.24) is 3.97 Å². The second kappa shape index (κ2) is 13.2. The number of rotatable bonds is 12. The van der Waals surface area contributed by atoms with E-state index in [9.17, 15) is 8.42 Å². The van der Waals surface area contributed by atoms with Gasteiger partial charge in [0.2, 0.25) is 0 Å². The van der Waals surface area contributed by atoms with Crippen LogP contribution >= 0.6 is 70.6 Å². The van der Waals surface area contributed by atoms with E-state index in [1.807, 2.05) is 66.1 Å². The molecule has 0 aliphatic carbocycles. The van der Waals surface area contributed by atoms with Gasteiger partial charge in [-0.1, -0.05) is 104 Å². The summed E-state index contributed by atoms with van der Waals surface area (Å²) in [5.74, 6) is 2.36. The van der Waals surface area contributed by atoms with Crippen molar-refractivity contribution < 1.29 is 8.42 Å². The molecule has 2 aromatic rings. The number of fused-ring (bicyclic) bond motifs is 1. The number of aromatic nitrogens is 1. The molecule has 1 aromatic carbocycles. The van der Waals surface area contributed by atoms with Crippen molar-refractivity contribution >= 4 is 80.6 Å². The van der Waals surface area contributed by atoms with Crippen molar-refractivity contribution in [3.63, 3.8) is 0 Å². The molecule has 0 N–H and O–H groups in total. The highest BCUT2D eigenvalue weighted by atomic mass is 32.3. The van der Waals surface area contributed by atoms with Gasteiger partial charge in [0.1, 0.15) is 0 Å². The van der Waals surface area contributed by atoms with Gasteiger partial charge in [-0.05, 0) is 43.4 Å². The van der Waals surface area contributed by atoms with Gasteiger partial charge in [-0.15, -0.1) is 23.5 Å². The third kappa shape index (κ3) is 7.12. The predicted molar refractivity (Wildman–Crippen MR) is 163 cm³/mol. The largest absolute Gasteiger partial charge is 0.267 e. The SMILES string of the molecule is CCCCCSC1=C(SCCCCC)SC(=C2Sc3cn(S(=O)(=O)c4ccc(C)cc4)cc3S2)S1. The van der Waals surface area contributed by atoms with Gasteiger partial charge in [0.05, 0.1) is 21.8 Å². The van der Waals surface area contributed by atoms with E-state index in [-0.39, 0.29) is 0 Å². The maximum atomic E-state index is 13.1. The van der Waals surface area contributed by atoms with Crippen LogP contribution in [0.5, 0.6) is 0 Å². The summed E-state index contributed by atoms with van der Waals surface area (Å²) in [6.07, 6.45) is 11.2. The maximum absolute atomic E-state index is 13.1. The molecule has 0 saturated carbocycles. The molecular formula is C25H31NO2S7. The van der Waals surface area contributed by atoms with Crippen molar-refractivity contribution in [3.8, 4) is 0 Å². The van der Waals surface area contributed by atoms with Crippen LogP contribution < -0.4 is 0 Å². The number of hydrogen-bond acceptors (Lipinski definition) is 8. The van der Waals surface area contributed by atoms with Crippen LogP contribution in [-0.2, 0) is 10.0 Å². The molecule has 3 nitrogen and oxygen atoms in total. The zero-order valence-electron chi connectivity index (χ0n) is 20.2. The Bertz CT molecular complexity index is 1150. The molecule has 1 aromatic heterocycles. The molecule has 0 bridgehead atoms. The first-order valence-corrected chi connectivity index (χ1v) is 18.6. The normalized spacial score (nSPS) is 16.0. The van der Waals surface area contributed by atoms with Crippen molar-refractivity contribution in [3.05, 3.63) is 59.2 Å². The van der Waals surface area contributed by atoms with Crippen molar-refractivity contribution in [1.29, 1.82) is 0 Å². The highest BCUT2D eigenvalue weighted by Gasteiger charge is 2.31. The van der Waals surface area contributed by atoms with E-state index in [0.29, 0.717) is 4.90 Å². The van der Waals surface area contributed by atoms with E-state index in [1.165, 1.54) is 71.0 Å². The van der Waals surface area contributed by atoms with E-state index < -0.39 is 10.0 Å². The first-order valence-electron chi connectivity index (χ1n) is 11.9. The minimum Gasteiger partial charge on any atom is -0.247 e. The lowest BCUT2D eigenvalue weighted by Crippen LogP contribution is -2.10. The van der Waals surface area contributed by atoms with Crippen molar-refractivity contribution in [2.75, 3.05) is 11.5 Å².